The quantitative estimate of drug-likeness (QED) is 0.356. The average Bonchev–Trinajstić information content (AvgIpc) is 3.39. The zero-order valence-corrected chi connectivity index (χ0v) is 20.0. The standard InChI is InChI=1S/C30H23N5O2/c36-30(34-16-18-37-19-17-34)25-9-7-24(8-10-25)27-12-13-29-32-21-26(35(29)33-27)11-6-22-14-15-31-28(20-22)23-4-2-1-3-5-23/h1-5,7-10,12-15,20-21H,16-19H2. The van der Waals surface area contributed by atoms with E-state index >= 15 is 0 Å². The number of carbonyl (C=O) groups is 1. The number of rotatable bonds is 3. The molecule has 0 N–H and O–H groups in total. The van der Waals surface area contributed by atoms with Crippen LogP contribution in [0.4, 0.5) is 0 Å². The second kappa shape index (κ2) is 10.1. The maximum atomic E-state index is 12.7. The third-order valence-electron chi connectivity index (χ3n) is 6.25. The van der Waals surface area contributed by atoms with E-state index in [1.165, 1.54) is 0 Å². The Morgan fingerprint density at radius 3 is 2.41 bits per heavy atom. The molecule has 180 valence electrons. The fourth-order valence-corrected chi connectivity index (χ4v) is 4.26. The van der Waals surface area contributed by atoms with Crippen LogP contribution in [0.25, 0.3) is 28.2 Å². The number of carbonyl (C=O) groups excluding carboxylic acids is 1. The van der Waals surface area contributed by atoms with Gasteiger partial charge in [0.05, 0.1) is 30.8 Å². The molecule has 3 aromatic heterocycles. The Kier molecular flexibility index (Phi) is 6.15. The fourth-order valence-electron chi connectivity index (χ4n) is 4.26. The third kappa shape index (κ3) is 4.83. The molecular weight excluding hydrogens is 462 g/mol. The molecule has 4 heterocycles. The van der Waals surface area contributed by atoms with Crippen molar-refractivity contribution < 1.29 is 9.53 Å². The van der Waals surface area contributed by atoms with Crippen LogP contribution in [0.3, 0.4) is 0 Å². The second-order valence-corrected chi connectivity index (χ2v) is 8.66. The number of hydrogen-bond donors (Lipinski definition) is 0. The van der Waals surface area contributed by atoms with Crippen LogP contribution in [0.5, 0.6) is 0 Å². The lowest BCUT2D eigenvalue weighted by Crippen LogP contribution is -2.40. The van der Waals surface area contributed by atoms with Gasteiger partial charge in [0.2, 0.25) is 0 Å². The second-order valence-electron chi connectivity index (χ2n) is 8.66. The molecule has 0 unspecified atom stereocenters. The maximum Gasteiger partial charge on any atom is 0.254 e. The van der Waals surface area contributed by atoms with Crippen molar-refractivity contribution in [2.75, 3.05) is 26.3 Å². The Bertz CT molecular complexity index is 1630. The third-order valence-corrected chi connectivity index (χ3v) is 6.25. The lowest BCUT2D eigenvalue weighted by atomic mass is 10.1. The molecule has 0 bridgehead atoms. The lowest BCUT2D eigenvalue weighted by molar-refractivity contribution is 0.0303. The number of nitrogens with zero attached hydrogens (tertiary/aromatic N) is 5. The predicted molar refractivity (Wildman–Crippen MR) is 141 cm³/mol. The van der Waals surface area contributed by atoms with Gasteiger partial charge in [-0.05, 0) is 42.3 Å². The van der Waals surface area contributed by atoms with Gasteiger partial charge < -0.3 is 9.64 Å². The highest BCUT2D eigenvalue weighted by atomic mass is 16.5. The number of hydrogen-bond acceptors (Lipinski definition) is 5. The number of morpholine rings is 1. The van der Waals surface area contributed by atoms with Crippen molar-refractivity contribution in [1.82, 2.24) is 24.5 Å². The maximum absolute atomic E-state index is 12.7. The van der Waals surface area contributed by atoms with Gasteiger partial charge in [-0.1, -0.05) is 48.4 Å². The van der Waals surface area contributed by atoms with Crippen molar-refractivity contribution in [3.63, 3.8) is 0 Å². The van der Waals surface area contributed by atoms with E-state index in [9.17, 15) is 4.79 Å². The molecule has 6 rings (SSSR count). The Hall–Kier alpha value is -4.80. The Morgan fingerprint density at radius 1 is 0.811 bits per heavy atom. The van der Waals surface area contributed by atoms with Crippen LogP contribution >= 0.6 is 0 Å². The van der Waals surface area contributed by atoms with E-state index in [2.05, 4.69) is 21.8 Å². The van der Waals surface area contributed by atoms with E-state index in [1.807, 2.05) is 83.8 Å². The molecule has 1 amide bonds. The topological polar surface area (TPSA) is 72.6 Å². The van der Waals surface area contributed by atoms with Gasteiger partial charge in [-0.2, -0.15) is 5.10 Å². The van der Waals surface area contributed by atoms with Gasteiger partial charge >= 0.3 is 0 Å². The largest absolute Gasteiger partial charge is 0.378 e. The highest BCUT2D eigenvalue weighted by Crippen LogP contribution is 2.20. The molecule has 7 heteroatoms. The summed E-state index contributed by atoms with van der Waals surface area (Å²) in [4.78, 5) is 23.5. The summed E-state index contributed by atoms with van der Waals surface area (Å²) in [7, 11) is 0. The van der Waals surface area contributed by atoms with Gasteiger partial charge in [0.25, 0.3) is 5.91 Å². The minimum absolute atomic E-state index is 0.0250. The van der Waals surface area contributed by atoms with Gasteiger partial charge in [-0.15, -0.1) is 0 Å². The molecule has 0 radical (unpaired) electrons. The molecule has 0 spiro atoms. The molecule has 1 saturated heterocycles. The molecule has 5 aromatic rings. The number of fused-ring (bicyclic) bond motifs is 1. The molecule has 0 saturated carbocycles. The summed E-state index contributed by atoms with van der Waals surface area (Å²) in [6.45, 7) is 2.41. The number of aromatic nitrogens is 4. The van der Waals surface area contributed by atoms with Crippen LogP contribution < -0.4 is 0 Å². The van der Waals surface area contributed by atoms with Crippen molar-refractivity contribution in [1.29, 1.82) is 0 Å². The van der Waals surface area contributed by atoms with Crippen molar-refractivity contribution in [2.45, 2.75) is 0 Å². The minimum Gasteiger partial charge on any atom is -0.378 e. The number of benzene rings is 2. The molecule has 0 atom stereocenters. The van der Waals surface area contributed by atoms with Crippen LogP contribution in [-0.2, 0) is 4.74 Å². The van der Waals surface area contributed by atoms with Crippen molar-refractivity contribution in [3.05, 3.63) is 108 Å². The normalized spacial score (nSPS) is 13.2. The van der Waals surface area contributed by atoms with E-state index < -0.39 is 0 Å². The summed E-state index contributed by atoms with van der Waals surface area (Å²) in [6, 6.07) is 25.3. The van der Waals surface area contributed by atoms with E-state index in [-0.39, 0.29) is 5.91 Å². The summed E-state index contributed by atoms with van der Waals surface area (Å²) in [5.41, 5.74) is 6.53. The molecule has 1 fully saturated rings. The first-order valence-electron chi connectivity index (χ1n) is 12.1. The summed E-state index contributed by atoms with van der Waals surface area (Å²) in [6.07, 6.45) is 3.49. The summed E-state index contributed by atoms with van der Waals surface area (Å²) in [5.74, 6) is 6.44. The molecule has 7 nitrogen and oxygen atoms in total. The molecule has 37 heavy (non-hydrogen) atoms. The molecular formula is C30H23N5O2. The first-order valence-corrected chi connectivity index (χ1v) is 12.1. The number of imidazole rings is 1. The monoisotopic (exact) mass is 485 g/mol. The molecule has 1 aliphatic heterocycles. The Balaban J connectivity index is 1.26. The first-order chi connectivity index (χ1) is 18.2. The highest BCUT2D eigenvalue weighted by Gasteiger charge is 2.18. The number of amides is 1. The van der Waals surface area contributed by atoms with Gasteiger partial charge in [0, 0.05) is 41.5 Å². The summed E-state index contributed by atoms with van der Waals surface area (Å²) >= 11 is 0. The van der Waals surface area contributed by atoms with Gasteiger partial charge in [0.1, 0.15) is 5.69 Å². The lowest BCUT2D eigenvalue weighted by Gasteiger charge is -2.26. The summed E-state index contributed by atoms with van der Waals surface area (Å²) < 4.78 is 7.09. The fraction of sp³-hybridized carbons (Fsp3) is 0.133. The van der Waals surface area contributed by atoms with Gasteiger partial charge in [-0.25, -0.2) is 9.50 Å². The van der Waals surface area contributed by atoms with Crippen LogP contribution in [-0.4, -0.2) is 56.7 Å². The van der Waals surface area contributed by atoms with Crippen LogP contribution in [0.15, 0.2) is 91.3 Å². The van der Waals surface area contributed by atoms with Crippen molar-refractivity contribution in [2.24, 2.45) is 0 Å². The molecule has 1 aliphatic rings. The Morgan fingerprint density at radius 2 is 1.59 bits per heavy atom. The number of ether oxygens (including phenoxy) is 1. The van der Waals surface area contributed by atoms with Crippen LogP contribution in [0.2, 0.25) is 0 Å². The number of pyridine rings is 1. The van der Waals surface area contributed by atoms with Gasteiger partial charge in [0.15, 0.2) is 5.65 Å². The zero-order chi connectivity index (χ0) is 25.0. The summed E-state index contributed by atoms with van der Waals surface area (Å²) in [5, 5.41) is 4.77. The van der Waals surface area contributed by atoms with E-state index in [1.54, 1.807) is 16.9 Å². The van der Waals surface area contributed by atoms with E-state index in [0.29, 0.717) is 43.2 Å². The van der Waals surface area contributed by atoms with Crippen molar-refractivity contribution >= 4 is 11.6 Å². The van der Waals surface area contributed by atoms with Crippen LogP contribution in [0.1, 0.15) is 21.6 Å². The SMILES string of the molecule is O=C(c1ccc(-c2ccc3ncc(C#Cc4ccnc(-c5ccccc5)c4)n3n2)cc1)N1CCOCC1. The first kappa shape index (κ1) is 22.7. The smallest absolute Gasteiger partial charge is 0.254 e. The van der Waals surface area contributed by atoms with E-state index in [0.717, 1.165) is 28.1 Å². The van der Waals surface area contributed by atoms with Gasteiger partial charge in [-0.3, -0.25) is 9.78 Å². The average molecular weight is 486 g/mol. The minimum atomic E-state index is 0.0250. The van der Waals surface area contributed by atoms with E-state index in [4.69, 9.17) is 9.84 Å². The zero-order valence-electron chi connectivity index (χ0n) is 20.0. The molecule has 2 aromatic carbocycles. The van der Waals surface area contributed by atoms with Crippen LogP contribution in [0, 0.1) is 11.8 Å². The van der Waals surface area contributed by atoms with Crippen molar-refractivity contribution in [3.8, 4) is 34.4 Å². The highest BCUT2D eigenvalue weighted by molar-refractivity contribution is 5.94. The molecule has 0 aliphatic carbocycles. The Labute approximate surface area is 214 Å². The predicted octanol–water partition coefficient (Wildman–Crippen LogP) is 4.33.